The van der Waals surface area contributed by atoms with Crippen LogP contribution in [-0.4, -0.2) is 22.1 Å². The van der Waals surface area contributed by atoms with Crippen LogP contribution in [0.4, 0.5) is 0 Å². The number of carbonyl (C=O) groups is 1. The van der Waals surface area contributed by atoms with Crippen LogP contribution in [0.3, 0.4) is 0 Å². The van der Waals surface area contributed by atoms with E-state index in [9.17, 15) is 4.79 Å². The molecule has 4 rings (SSSR count). The zero-order valence-electron chi connectivity index (χ0n) is 11.5. The van der Waals surface area contributed by atoms with Crippen molar-refractivity contribution in [3.63, 3.8) is 0 Å². The Balaban J connectivity index is 1.42. The average molecular weight is 346 g/mol. The highest BCUT2D eigenvalue weighted by Crippen LogP contribution is 2.42. The van der Waals surface area contributed by atoms with E-state index in [0.717, 1.165) is 35.0 Å². The Hall–Kier alpha value is -1.62. The molecule has 21 heavy (non-hydrogen) atoms. The second kappa shape index (κ2) is 4.98. The number of amides is 1. The fourth-order valence-electron chi connectivity index (χ4n) is 2.84. The minimum absolute atomic E-state index is 0.00950. The molecule has 2 aromatic rings. The summed E-state index contributed by atoms with van der Waals surface area (Å²) in [5.74, 6) is 0.961. The lowest BCUT2D eigenvalue weighted by Gasteiger charge is -2.05. The largest absolute Gasteiger partial charge is 0.349 e. The van der Waals surface area contributed by atoms with Gasteiger partial charge < -0.3 is 5.32 Å². The molecule has 1 heterocycles. The van der Waals surface area contributed by atoms with Gasteiger partial charge in [-0.15, -0.1) is 0 Å². The predicted octanol–water partition coefficient (Wildman–Crippen LogP) is 3.34. The molecule has 2 atom stereocenters. The van der Waals surface area contributed by atoms with Crippen molar-refractivity contribution < 1.29 is 4.79 Å². The smallest absolute Gasteiger partial charge is 0.254 e. The lowest BCUT2D eigenvalue weighted by atomic mass is 10.1. The number of hydrogen-bond donors (Lipinski definition) is 2. The van der Waals surface area contributed by atoms with Gasteiger partial charge in [0, 0.05) is 22.4 Å². The van der Waals surface area contributed by atoms with E-state index in [2.05, 4.69) is 43.6 Å². The molecule has 0 unspecified atom stereocenters. The number of halogens is 1. The first-order chi connectivity index (χ1) is 10.2. The van der Waals surface area contributed by atoms with E-state index in [1.165, 1.54) is 5.56 Å². The first-order valence-corrected chi connectivity index (χ1v) is 8.11. The minimum atomic E-state index is 0.00950. The number of nitrogens with zero attached hydrogens (tertiary/aromatic N) is 1. The summed E-state index contributed by atoms with van der Waals surface area (Å²) in [7, 11) is 0. The summed E-state index contributed by atoms with van der Waals surface area (Å²) in [5.41, 5.74) is 3.02. The maximum Gasteiger partial charge on any atom is 0.254 e. The fourth-order valence-corrected chi connectivity index (χ4v) is 3.10. The van der Waals surface area contributed by atoms with Crippen molar-refractivity contribution in [2.75, 3.05) is 0 Å². The highest BCUT2D eigenvalue weighted by atomic mass is 79.9. The number of hydrogen-bond acceptors (Lipinski definition) is 2. The third-order valence-electron chi connectivity index (χ3n) is 4.30. The van der Waals surface area contributed by atoms with Crippen LogP contribution in [-0.2, 0) is 0 Å². The van der Waals surface area contributed by atoms with Gasteiger partial charge >= 0.3 is 0 Å². The third-order valence-corrected chi connectivity index (χ3v) is 4.83. The van der Waals surface area contributed by atoms with Crippen molar-refractivity contribution in [1.29, 1.82) is 0 Å². The van der Waals surface area contributed by atoms with Crippen LogP contribution in [0.15, 0.2) is 34.9 Å². The normalized spacial score (nSPS) is 23.9. The second-order valence-corrected chi connectivity index (χ2v) is 6.86. The molecule has 2 aliphatic rings. The molecule has 2 aliphatic carbocycles. The van der Waals surface area contributed by atoms with E-state index in [0.29, 0.717) is 11.8 Å². The number of aromatic nitrogens is 2. The molecule has 108 valence electrons. The number of benzene rings is 1. The van der Waals surface area contributed by atoms with Crippen LogP contribution in [0.5, 0.6) is 0 Å². The number of carbonyl (C=O) groups excluding carboxylic acids is 1. The van der Waals surface area contributed by atoms with E-state index >= 15 is 0 Å². The van der Waals surface area contributed by atoms with E-state index < -0.39 is 0 Å². The van der Waals surface area contributed by atoms with Gasteiger partial charge in [-0.1, -0.05) is 28.1 Å². The number of rotatable bonds is 4. The van der Waals surface area contributed by atoms with Crippen LogP contribution >= 0.6 is 15.9 Å². The van der Waals surface area contributed by atoms with E-state index in [1.807, 2.05) is 12.1 Å². The van der Waals surface area contributed by atoms with Crippen LogP contribution in [0.2, 0.25) is 0 Å². The standard InChI is InChI=1S/C16H16BrN3O/c17-11-5-3-9(4-6-11)12-7-14(12)19-16(21)13-8-18-20-15(13)10-1-2-10/h3-6,8,10,12,14H,1-2,7H2,(H,18,20)(H,19,21)/t12-,14+/m0/s1. The van der Waals surface area contributed by atoms with Gasteiger partial charge in [-0.3, -0.25) is 9.89 Å². The summed E-state index contributed by atoms with van der Waals surface area (Å²) in [6.45, 7) is 0. The molecule has 0 saturated heterocycles. The molecule has 0 bridgehead atoms. The Kier molecular flexibility index (Phi) is 3.10. The van der Waals surface area contributed by atoms with Gasteiger partial charge in [0.1, 0.15) is 0 Å². The maximum absolute atomic E-state index is 12.4. The molecule has 5 heteroatoms. The Morgan fingerprint density at radius 3 is 2.76 bits per heavy atom. The van der Waals surface area contributed by atoms with Gasteiger partial charge in [-0.25, -0.2) is 0 Å². The van der Waals surface area contributed by atoms with Gasteiger partial charge in [0.25, 0.3) is 5.91 Å². The Morgan fingerprint density at radius 2 is 2.05 bits per heavy atom. The van der Waals surface area contributed by atoms with Gasteiger partial charge in [0.15, 0.2) is 0 Å². The maximum atomic E-state index is 12.4. The summed E-state index contributed by atoms with van der Waals surface area (Å²) in [5, 5.41) is 10.1. The monoisotopic (exact) mass is 345 g/mol. The van der Waals surface area contributed by atoms with Crippen LogP contribution in [0, 0.1) is 0 Å². The molecule has 0 aliphatic heterocycles. The lowest BCUT2D eigenvalue weighted by molar-refractivity contribution is 0.0949. The highest BCUT2D eigenvalue weighted by molar-refractivity contribution is 9.10. The quantitative estimate of drug-likeness (QED) is 0.892. The van der Waals surface area contributed by atoms with E-state index in [4.69, 9.17) is 0 Å². The Labute approximate surface area is 131 Å². The van der Waals surface area contributed by atoms with Crippen molar-refractivity contribution in [2.24, 2.45) is 0 Å². The zero-order chi connectivity index (χ0) is 14.4. The lowest BCUT2D eigenvalue weighted by Crippen LogP contribution is -2.27. The summed E-state index contributed by atoms with van der Waals surface area (Å²) < 4.78 is 1.08. The molecule has 1 aromatic carbocycles. The summed E-state index contributed by atoms with van der Waals surface area (Å²) in [6.07, 6.45) is 4.99. The molecule has 0 radical (unpaired) electrons. The molecule has 2 saturated carbocycles. The van der Waals surface area contributed by atoms with Gasteiger partial charge in [-0.05, 0) is 37.0 Å². The molecule has 2 N–H and O–H groups in total. The zero-order valence-corrected chi connectivity index (χ0v) is 13.1. The molecule has 0 spiro atoms. The average Bonchev–Trinajstić information content (AvgIpc) is 3.40. The number of aromatic amines is 1. The molecular weight excluding hydrogens is 330 g/mol. The van der Waals surface area contributed by atoms with Crippen molar-refractivity contribution in [2.45, 2.75) is 37.1 Å². The molecule has 2 fully saturated rings. The van der Waals surface area contributed by atoms with Crippen molar-refractivity contribution in [1.82, 2.24) is 15.5 Å². The number of nitrogens with one attached hydrogen (secondary N) is 2. The van der Waals surface area contributed by atoms with Gasteiger partial charge in [0.05, 0.1) is 17.5 Å². The first-order valence-electron chi connectivity index (χ1n) is 7.32. The molecule has 1 amide bonds. The SMILES string of the molecule is O=C(N[C@@H]1C[C@H]1c1ccc(Br)cc1)c1cn[nH]c1C1CC1. The van der Waals surface area contributed by atoms with Crippen LogP contribution < -0.4 is 5.32 Å². The Morgan fingerprint density at radius 1 is 1.29 bits per heavy atom. The van der Waals surface area contributed by atoms with Crippen LogP contribution in [0.1, 0.15) is 52.7 Å². The van der Waals surface area contributed by atoms with Crippen molar-refractivity contribution >= 4 is 21.8 Å². The topological polar surface area (TPSA) is 57.8 Å². The third kappa shape index (κ3) is 2.62. The minimum Gasteiger partial charge on any atom is -0.349 e. The van der Waals surface area contributed by atoms with Gasteiger partial charge in [-0.2, -0.15) is 5.10 Å². The van der Waals surface area contributed by atoms with Crippen molar-refractivity contribution in [3.05, 3.63) is 51.8 Å². The summed E-state index contributed by atoms with van der Waals surface area (Å²) in [4.78, 5) is 12.4. The van der Waals surface area contributed by atoms with Crippen LogP contribution in [0.25, 0.3) is 0 Å². The molecule has 1 aromatic heterocycles. The summed E-state index contributed by atoms with van der Waals surface area (Å²) in [6, 6.07) is 8.59. The predicted molar refractivity (Wildman–Crippen MR) is 83.3 cm³/mol. The molecular formula is C16H16BrN3O. The number of H-pyrrole nitrogens is 1. The molecule has 4 nitrogen and oxygen atoms in total. The van der Waals surface area contributed by atoms with E-state index in [1.54, 1.807) is 6.20 Å². The first kappa shape index (κ1) is 13.1. The Bertz CT molecular complexity index is 675. The second-order valence-electron chi connectivity index (χ2n) is 5.95. The van der Waals surface area contributed by atoms with E-state index in [-0.39, 0.29) is 11.9 Å². The van der Waals surface area contributed by atoms with Crippen molar-refractivity contribution in [3.8, 4) is 0 Å². The highest BCUT2D eigenvalue weighted by Gasteiger charge is 2.40. The van der Waals surface area contributed by atoms with Gasteiger partial charge in [0.2, 0.25) is 0 Å². The summed E-state index contributed by atoms with van der Waals surface area (Å²) >= 11 is 3.44. The fraction of sp³-hybridized carbons (Fsp3) is 0.375.